The second kappa shape index (κ2) is 3.09. The Hall–Kier alpha value is -0.113. The van der Waals surface area contributed by atoms with Crippen LogP contribution in [0, 0.1) is 0 Å². The van der Waals surface area contributed by atoms with Crippen LogP contribution in [0.2, 0.25) is 25.2 Å². The van der Waals surface area contributed by atoms with E-state index in [-0.39, 0.29) is 0 Å². The third kappa shape index (κ3) is 2.16. The van der Waals surface area contributed by atoms with Crippen molar-refractivity contribution in [3.8, 4) is 0 Å². The zero-order valence-electron chi connectivity index (χ0n) is 7.81. The number of Topliss-reactive ketones (excluding diaryl/α,β-unsaturated/α-hetero) is 1. The number of carbonyl (C=O) groups is 1. The molecule has 0 aromatic heterocycles. The van der Waals surface area contributed by atoms with Gasteiger partial charge in [-0.25, -0.2) is 0 Å². The Morgan fingerprint density at radius 2 is 1.91 bits per heavy atom. The lowest BCUT2D eigenvalue weighted by atomic mass is 9.99. The molecule has 11 heavy (non-hydrogen) atoms. The highest BCUT2D eigenvalue weighted by Crippen LogP contribution is 2.33. The van der Waals surface area contributed by atoms with E-state index >= 15 is 0 Å². The topological polar surface area (TPSA) is 17.1 Å². The van der Waals surface area contributed by atoms with Gasteiger partial charge in [-0.2, -0.15) is 0 Å². The fourth-order valence-corrected chi connectivity index (χ4v) is 4.08. The SMILES string of the molecule is C[Si](C)(C)[C@@H]1CCCCC1=O. The van der Waals surface area contributed by atoms with E-state index in [1.165, 1.54) is 12.8 Å². The van der Waals surface area contributed by atoms with Gasteiger partial charge in [0.1, 0.15) is 5.78 Å². The molecule has 0 aromatic carbocycles. The van der Waals surface area contributed by atoms with Crippen LogP contribution in [-0.4, -0.2) is 13.9 Å². The molecule has 0 heterocycles. The van der Waals surface area contributed by atoms with E-state index in [1.54, 1.807) is 0 Å². The molecule has 0 aromatic rings. The van der Waals surface area contributed by atoms with E-state index in [1.807, 2.05) is 0 Å². The van der Waals surface area contributed by atoms with Gasteiger partial charge in [0.25, 0.3) is 0 Å². The third-order valence-corrected chi connectivity index (χ3v) is 5.30. The predicted molar refractivity (Wildman–Crippen MR) is 50.6 cm³/mol. The van der Waals surface area contributed by atoms with Crippen LogP contribution in [0.4, 0.5) is 0 Å². The molecule has 0 radical (unpaired) electrons. The van der Waals surface area contributed by atoms with Gasteiger partial charge in [0.2, 0.25) is 0 Å². The van der Waals surface area contributed by atoms with Gasteiger partial charge in [-0.15, -0.1) is 0 Å². The quantitative estimate of drug-likeness (QED) is 0.553. The number of hydrogen-bond donors (Lipinski definition) is 0. The molecule has 64 valence electrons. The molecule has 1 fully saturated rings. The Kier molecular flexibility index (Phi) is 2.53. The lowest BCUT2D eigenvalue weighted by molar-refractivity contribution is -0.120. The molecule has 0 saturated heterocycles. The highest BCUT2D eigenvalue weighted by molar-refractivity contribution is 6.80. The van der Waals surface area contributed by atoms with Crippen LogP contribution in [0.25, 0.3) is 0 Å². The van der Waals surface area contributed by atoms with Gasteiger partial charge in [-0.05, 0) is 12.8 Å². The Morgan fingerprint density at radius 3 is 2.27 bits per heavy atom. The summed E-state index contributed by atoms with van der Waals surface area (Å²) in [5.74, 6) is 0.551. The average Bonchev–Trinajstić information content (AvgIpc) is 1.86. The first-order valence-electron chi connectivity index (χ1n) is 4.54. The Labute approximate surface area is 70.2 Å². The fourth-order valence-electron chi connectivity index (χ4n) is 1.90. The van der Waals surface area contributed by atoms with Gasteiger partial charge in [0, 0.05) is 12.0 Å². The van der Waals surface area contributed by atoms with Crippen LogP contribution in [-0.2, 0) is 4.79 Å². The molecule has 0 unspecified atom stereocenters. The van der Waals surface area contributed by atoms with Crippen molar-refractivity contribution in [1.29, 1.82) is 0 Å². The minimum absolute atomic E-state index is 0.469. The molecular weight excluding hydrogens is 152 g/mol. The predicted octanol–water partition coefficient (Wildman–Crippen LogP) is 2.84. The standard InChI is InChI=1S/C9H18OSi/c1-11(2,3)9-7-5-4-6-8(9)10/h9H,4-7H2,1-3H3/t9-/m1/s1. The van der Waals surface area contributed by atoms with E-state index < -0.39 is 8.07 Å². The largest absolute Gasteiger partial charge is 0.300 e. The maximum atomic E-state index is 11.5. The first kappa shape index (κ1) is 8.98. The van der Waals surface area contributed by atoms with E-state index in [0.29, 0.717) is 11.3 Å². The summed E-state index contributed by atoms with van der Waals surface area (Å²) in [5, 5.41) is 0. The van der Waals surface area contributed by atoms with E-state index in [9.17, 15) is 4.79 Å². The number of hydrogen-bond acceptors (Lipinski definition) is 1. The van der Waals surface area contributed by atoms with Crippen molar-refractivity contribution in [3.63, 3.8) is 0 Å². The van der Waals surface area contributed by atoms with Crippen LogP contribution in [0.15, 0.2) is 0 Å². The summed E-state index contributed by atoms with van der Waals surface area (Å²) in [5.41, 5.74) is 0.469. The molecule has 1 rings (SSSR count). The lowest BCUT2D eigenvalue weighted by Gasteiger charge is -2.30. The highest BCUT2D eigenvalue weighted by atomic mass is 28.3. The summed E-state index contributed by atoms with van der Waals surface area (Å²) in [7, 11) is -1.17. The monoisotopic (exact) mass is 170 g/mol. The molecular formula is C9H18OSi. The van der Waals surface area contributed by atoms with Gasteiger partial charge >= 0.3 is 0 Å². The van der Waals surface area contributed by atoms with Crippen molar-refractivity contribution in [2.45, 2.75) is 50.9 Å². The molecule has 1 aliphatic rings. The van der Waals surface area contributed by atoms with E-state index in [4.69, 9.17) is 0 Å². The van der Waals surface area contributed by atoms with Crippen LogP contribution in [0.1, 0.15) is 25.7 Å². The van der Waals surface area contributed by atoms with Crippen LogP contribution >= 0.6 is 0 Å². The number of carbonyl (C=O) groups excluding carboxylic acids is 1. The van der Waals surface area contributed by atoms with Gasteiger partial charge in [0.15, 0.2) is 0 Å². The molecule has 0 bridgehead atoms. The van der Waals surface area contributed by atoms with Crippen molar-refractivity contribution in [3.05, 3.63) is 0 Å². The van der Waals surface area contributed by atoms with Crippen molar-refractivity contribution in [2.75, 3.05) is 0 Å². The molecule has 1 aliphatic carbocycles. The van der Waals surface area contributed by atoms with E-state index in [0.717, 1.165) is 12.8 Å². The second-order valence-electron chi connectivity index (χ2n) is 4.63. The first-order valence-corrected chi connectivity index (χ1v) is 8.12. The van der Waals surface area contributed by atoms with Crippen LogP contribution < -0.4 is 0 Å². The van der Waals surface area contributed by atoms with Crippen molar-refractivity contribution in [1.82, 2.24) is 0 Å². The Balaban J connectivity index is 2.62. The third-order valence-electron chi connectivity index (χ3n) is 2.60. The maximum Gasteiger partial charge on any atom is 0.133 e. The molecule has 1 atom stereocenters. The van der Waals surface area contributed by atoms with Crippen molar-refractivity contribution < 1.29 is 4.79 Å². The van der Waals surface area contributed by atoms with Gasteiger partial charge in [-0.1, -0.05) is 26.1 Å². The van der Waals surface area contributed by atoms with Gasteiger partial charge in [-0.3, -0.25) is 4.79 Å². The van der Waals surface area contributed by atoms with Crippen molar-refractivity contribution in [2.24, 2.45) is 0 Å². The van der Waals surface area contributed by atoms with Crippen LogP contribution in [0.5, 0.6) is 0 Å². The smallest absolute Gasteiger partial charge is 0.133 e. The van der Waals surface area contributed by atoms with E-state index in [2.05, 4.69) is 19.6 Å². The molecule has 0 N–H and O–H groups in total. The summed E-state index contributed by atoms with van der Waals surface area (Å²) in [4.78, 5) is 11.5. The minimum Gasteiger partial charge on any atom is -0.300 e. The molecule has 1 saturated carbocycles. The molecule has 0 amide bonds. The number of rotatable bonds is 1. The summed E-state index contributed by atoms with van der Waals surface area (Å²) >= 11 is 0. The highest BCUT2D eigenvalue weighted by Gasteiger charge is 2.33. The maximum absolute atomic E-state index is 11.5. The zero-order valence-corrected chi connectivity index (χ0v) is 8.81. The Morgan fingerprint density at radius 1 is 1.27 bits per heavy atom. The van der Waals surface area contributed by atoms with Crippen molar-refractivity contribution >= 4 is 13.9 Å². The summed E-state index contributed by atoms with van der Waals surface area (Å²) < 4.78 is 0. The summed E-state index contributed by atoms with van der Waals surface area (Å²) in [6, 6.07) is 0. The molecule has 1 nitrogen and oxygen atoms in total. The molecule has 2 heteroatoms. The second-order valence-corrected chi connectivity index (χ2v) is 10.1. The fraction of sp³-hybridized carbons (Fsp3) is 0.889. The zero-order chi connectivity index (χ0) is 8.48. The van der Waals surface area contributed by atoms with Crippen LogP contribution in [0.3, 0.4) is 0 Å². The lowest BCUT2D eigenvalue weighted by Crippen LogP contribution is -2.35. The summed E-state index contributed by atoms with van der Waals surface area (Å²) in [6.07, 6.45) is 4.45. The van der Waals surface area contributed by atoms with Gasteiger partial charge in [0.05, 0.1) is 8.07 Å². The minimum atomic E-state index is -1.17. The normalized spacial score (nSPS) is 27.2. The molecule has 0 spiro atoms. The first-order chi connectivity index (χ1) is 5.02. The number of ketones is 1. The van der Waals surface area contributed by atoms with Gasteiger partial charge < -0.3 is 0 Å². The molecule has 0 aliphatic heterocycles. The average molecular weight is 170 g/mol. The Bertz CT molecular complexity index is 157. The summed E-state index contributed by atoms with van der Waals surface area (Å²) in [6.45, 7) is 6.92.